The zero-order valence-corrected chi connectivity index (χ0v) is 14.7. The van der Waals surface area contributed by atoms with Crippen molar-refractivity contribution < 1.29 is 9.52 Å². The third-order valence-corrected chi connectivity index (χ3v) is 4.79. The highest BCUT2D eigenvalue weighted by atomic mass is 16.3. The van der Waals surface area contributed by atoms with Gasteiger partial charge in [-0.1, -0.05) is 24.3 Å². The molecular formula is C20H28N2O2. The van der Waals surface area contributed by atoms with Gasteiger partial charge in [-0.25, -0.2) is 0 Å². The number of hydrogen-bond donors (Lipinski definition) is 1. The summed E-state index contributed by atoms with van der Waals surface area (Å²) in [5.74, 6) is 0.907. The van der Waals surface area contributed by atoms with Crippen LogP contribution in [0.3, 0.4) is 0 Å². The van der Waals surface area contributed by atoms with E-state index in [1.54, 1.807) is 6.26 Å². The number of benzene rings is 1. The van der Waals surface area contributed by atoms with Gasteiger partial charge in [0.05, 0.1) is 11.9 Å². The van der Waals surface area contributed by atoms with E-state index in [0.717, 1.165) is 56.8 Å². The molecule has 1 saturated heterocycles. The van der Waals surface area contributed by atoms with Crippen LogP contribution < -0.4 is 0 Å². The second-order valence-electron chi connectivity index (χ2n) is 7.27. The van der Waals surface area contributed by atoms with E-state index < -0.39 is 5.60 Å². The highest BCUT2D eigenvalue weighted by Crippen LogP contribution is 2.25. The first-order chi connectivity index (χ1) is 11.5. The molecule has 1 fully saturated rings. The Labute approximate surface area is 144 Å². The van der Waals surface area contributed by atoms with Crippen LogP contribution in [-0.4, -0.2) is 54.2 Å². The molecule has 2 heterocycles. The zero-order chi connectivity index (χ0) is 17.0. The fourth-order valence-electron chi connectivity index (χ4n) is 3.62. The van der Waals surface area contributed by atoms with E-state index in [1.165, 1.54) is 5.56 Å². The summed E-state index contributed by atoms with van der Waals surface area (Å²) in [7, 11) is 4.06. The van der Waals surface area contributed by atoms with Crippen LogP contribution >= 0.6 is 0 Å². The van der Waals surface area contributed by atoms with Gasteiger partial charge in [0.2, 0.25) is 0 Å². The van der Waals surface area contributed by atoms with Gasteiger partial charge in [0, 0.05) is 25.2 Å². The van der Waals surface area contributed by atoms with Crippen LogP contribution in [0, 0.1) is 0 Å². The molecule has 4 nitrogen and oxygen atoms in total. The van der Waals surface area contributed by atoms with Crippen molar-refractivity contribution in [2.24, 2.45) is 0 Å². The molecule has 2 aromatic rings. The third-order valence-electron chi connectivity index (χ3n) is 4.79. The monoisotopic (exact) mass is 328 g/mol. The van der Waals surface area contributed by atoms with E-state index in [2.05, 4.69) is 34.1 Å². The molecule has 0 unspecified atom stereocenters. The summed E-state index contributed by atoms with van der Waals surface area (Å²) in [6, 6.07) is 12.5. The third kappa shape index (κ3) is 4.47. The second-order valence-corrected chi connectivity index (χ2v) is 7.27. The summed E-state index contributed by atoms with van der Waals surface area (Å²) in [6.07, 6.45) is 4.49. The van der Waals surface area contributed by atoms with Crippen molar-refractivity contribution in [3.63, 3.8) is 0 Å². The maximum atomic E-state index is 10.8. The lowest BCUT2D eigenvalue weighted by Gasteiger charge is -2.30. The molecule has 0 amide bonds. The lowest BCUT2D eigenvalue weighted by Crippen LogP contribution is -2.40. The Morgan fingerprint density at radius 3 is 2.58 bits per heavy atom. The summed E-state index contributed by atoms with van der Waals surface area (Å²) >= 11 is 0. The van der Waals surface area contributed by atoms with Crippen LogP contribution in [0.5, 0.6) is 0 Å². The minimum atomic E-state index is -0.540. The van der Waals surface area contributed by atoms with Gasteiger partial charge in [-0.05, 0) is 57.6 Å². The summed E-state index contributed by atoms with van der Waals surface area (Å²) in [5, 5.41) is 10.8. The molecule has 0 aliphatic carbocycles. The second kappa shape index (κ2) is 7.51. The highest BCUT2D eigenvalue weighted by Gasteiger charge is 2.30. The van der Waals surface area contributed by atoms with Crippen molar-refractivity contribution in [3.8, 4) is 11.3 Å². The molecule has 0 bridgehead atoms. The van der Waals surface area contributed by atoms with Gasteiger partial charge in [0.25, 0.3) is 0 Å². The van der Waals surface area contributed by atoms with E-state index in [0.29, 0.717) is 0 Å². The summed E-state index contributed by atoms with van der Waals surface area (Å²) < 4.78 is 5.44. The fourth-order valence-corrected chi connectivity index (χ4v) is 3.62. The van der Waals surface area contributed by atoms with Crippen LogP contribution in [0.2, 0.25) is 0 Å². The Balaban J connectivity index is 1.58. The van der Waals surface area contributed by atoms with Gasteiger partial charge in [-0.15, -0.1) is 0 Å². The number of likely N-dealkylation sites (N-methyl/N-ethyl adjacent to an activating group) is 1. The van der Waals surface area contributed by atoms with Crippen LogP contribution in [0.25, 0.3) is 11.3 Å². The Kier molecular flexibility index (Phi) is 5.39. The number of aliphatic hydroxyl groups is 1. The molecule has 0 spiro atoms. The van der Waals surface area contributed by atoms with E-state index in [1.807, 2.05) is 26.2 Å². The Hall–Kier alpha value is -1.62. The molecule has 24 heavy (non-hydrogen) atoms. The largest absolute Gasteiger partial charge is 0.464 e. The first-order valence-electron chi connectivity index (χ1n) is 8.76. The molecular weight excluding hydrogens is 300 g/mol. The Morgan fingerprint density at radius 2 is 1.92 bits per heavy atom. The van der Waals surface area contributed by atoms with Gasteiger partial charge in [0.1, 0.15) is 5.76 Å². The van der Waals surface area contributed by atoms with E-state index in [9.17, 15) is 5.11 Å². The van der Waals surface area contributed by atoms with Crippen molar-refractivity contribution in [2.45, 2.75) is 31.4 Å². The van der Waals surface area contributed by atoms with Crippen molar-refractivity contribution in [1.29, 1.82) is 0 Å². The van der Waals surface area contributed by atoms with Crippen molar-refractivity contribution in [2.75, 3.05) is 33.7 Å². The first-order valence-corrected chi connectivity index (χ1v) is 8.76. The summed E-state index contributed by atoms with van der Waals surface area (Å²) in [6.45, 7) is 3.69. The molecule has 1 aliphatic rings. The van der Waals surface area contributed by atoms with Gasteiger partial charge in [-0.3, -0.25) is 4.90 Å². The van der Waals surface area contributed by atoms with Crippen molar-refractivity contribution >= 4 is 0 Å². The highest BCUT2D eigenvalue weighted by molar-refractivity contribution is 5.57. The van der Waals surface area contributed by atoms with E-state index >= 15 is 0 Å². The van der Waals surface area contributed by atoms with Gasteiger partial charge in [0.15, 0.2) is 0 Å². The predicted molar refractivity (Wildman–Crippen MR) is 96.8 cm³/mol. The Bertz CT molecular complexity index is 622. The molecule has 1 aromatic heterocycles. The number of furan rings is 1. The van der Waals surface area contributed by atoms with Gasteiger partial charge >= 0.3 is 0 Å². The molecule has 1 aliphatic heterocycles. The summed E-state index contributed by atoms with van der Waals surface area (Å²) in [5.41, 5.74) is 1.88. The number of hydrogen-bond acceptors (Lipinski definition) is 4. The number of nitrogens with zero attached hydrogens (tertiary/aromatic N) is 2. The number of rotatable bonds is 5. The summed E-state index contributed by atoms with van der Waals surface area (Å²) in [4.78, 5) is 4.54. The molecule has 3 rings (SSSR count). The molecule has 0 radical (unpaired) electrons. The minimum absolute atomic E-state index is 0.540. The molecule has 0 saturated carbocycles. The maximum absolute atomic E-state index is 10.8. The van der Waals surface area contributed by atoms with Crippen molar-refractivity contribution in [1.82, 2.24) is 9.80 Å². The quantitative estimate of drug-likeness (QED) is 0.915. The first kappa shape index (κ1) is 17.2. The van der Waals surface area contributed by atoms with Gasteiger partial charge < -0.3 is 14.4 Å². The molecule has 1 aromatic carbocycles. The molecule has 1 N–H and O–H groups in total. The van der Waals surface area contributed by atoms with Crippen LogP contribution in [0.15, 0.2) is 47.1 Å². The maximum Gasteiger partial charge on any atom is 0.133 e. The lowest BCUT2D eigenvalue weighted by atomic mass is 9.94. The average molecular weight is 328 g/mol. The SMILES string of the molecule is CN(C)C[C@@]1(O)CCCN(Cc2ccc(-c3ccco3)cc2)CC1. The topological polar surface area (TPSA) is 39.9 Å². The zero-order valence-electron chi connectivity index (χ0n) is 14.7. The average Bonchev–Trinajstić information content (AvgIpc) is 3.01. The molecule has 4 heteroatoms. The van der Waals surface area contributed by atoms with Crippen LogP contribution in [0.1, 0.15) is 24.8 Å². The van der Waals surface area contributed by atoms with E-state index in [-0.39, 0.29) is 0 Å². The smallest absolute Gasteiger partial charge is 0.133 e. The normalized spacial score (nSPS) is 22.7. The fraction of sp³-hybridized carbons (Fsp3) is 0.500. The van der Waals surface area contributed by atoms with Gasteiger partial charge in [-0.2, -0.15) is 0 Å². The Morgan fingerprint density at radius 1 is 1.12 bits per heavy atom. The van der Waals surface area contributed by atoms with E-state index in [4.69, 9.17) is 4.42 Å². The minimum Gasteiger partial charge on any atom is -0.464 e. The van der Waals surface area contributed by atoms with Crippen LogP contribution in [0.4, 0.5) is 0 Å². The van der Waals surface area contributed by atoms with Crippen LogP contribution in [-0.2, 0) is 6.54 Å². The lowest BCUT2D eigenvalue weighted by molar-refractivity contribution is 0.00258. The predicted octanol–water partition coefficient (Wildman–Crippen LogP) is 3.23. The number of likely N-dealkylation sites (tertiary alicyclic amines) is 1. The van der Waals surface area contributed by atoms with Crippen molar-refractivity contribution in [3.05, 3.63) is 48.2 Å². The molecule has 1 atom stereocenters. The standard InChI is InChI=1S/C20H28N2O2/c1-21(2)16-20(23)10-4-12-22(13-11-20)15-17-6-8-18(9-7-17)19-5-3-14-24-19/h3,5-9,14,23H,4,10-13,15-16H2,1-2H3/t20-/m1/s1. The molecule has 130 valence electrons.